The van der Waals surface area contributed by atoms with Crippen molar-refractivity contribution in [2.24, 2.45) is 0 Å². The van der Waals surface area contributed by atoms with Crippen LogP contribution in [0, 0.1) is 0 Å². The van der Waals surface area contributed by atoms with E-state index < -0.39 is 21.0 Å². The number of rotatable bonds is 7. The fourth-order valence-electron chi connectivity index (χ4n) is 2.17. The lowest BCUT2D eigenvalue weighted by molar-refractivity contribution is -0.115. The van der Waals surface area contributed by atoms with Gasteiger partial charge in [-0.2, -0.15) is 0 Å². The van der Waals surface area contributed by atoms with Gasteiger partial charge in [0.05, 0.1) is 18.6 Å². The van der Waals surface area contributed by atoms with Crippen molar-refractivity contribution in [2.45, 2.75) is 12.2 Å². The monoisotopic (exact) mass is 359 g/mol. The maximum atomic E-state index is 12.4. The van der Waals surface area contributed by atoms with E-state index in [1.54, 1.807) is 36.4 Å². The van der Waals surface area contributed by atoms with Gasteiger partial charge in [0.25, 0.3) is 0 Å². The molecule has 5 nitrogen and oxygen atoms in total. The maximum Gasteiger partial charge on any atom is 0.242 e. The number of nitrogens with one attached hydrogen (secondary N) is 1. The molecule has 6 heteroatoms. The fourth-order valence-corrected chi connectivity index (χ4v) is 3.21. The second-order valence-electron chi connectivity index (χ2n) is 5.47. The lowest BCUT2D eigenvalue weighted by Gasteiger charge is -2.14. The van der Waals surface area contributed by atoms with E-state index in [4.69, 9.17) is 4.74 Å². The molecule has 2 aromatic rings. The second kappa shape index (κ2) is 8.48. The van der Waals surface area contributed by atoms with Crippen molar-refractivity contribution in [3.05, 3.63) is 66.2 Å². The summed E-state index contributed by atoms with van der Waals surface area (Å²) in [5.74, 6) is -0.315. The van der Waals surface area contributed by atoms with Crippen LogP contribution < -0.4 is 10.1 Å². The van der Waals surface area contributed by atoms with Crippen LogP contribution >= 0.6 is 0 Å². The summed E-state index contributed by atoms with van der Waals surface area (Å²) in [6.45, 7) is 1.39. The van der Waals surface area contributed by atoms with Gasteiger partial charge in [-0.25, -0.2) is 8.42 Å². The van der Waals surface area contributed by atoms with Gasteiger partial charge >= 0.3 is 0 Å². The Morgan fingerprint density at radius 1 is 1.12 bits per heavy atom. The van der Waals surface area contributed by atoms with Crippen molar-refractivity contribution >= 4 is 27.5 Å². The highest BCUT2D eigenvalue weighted by atomic mass is 32.2. The smallest absolute Gasteiger partial charge is 0.242 e. The van der Waals surface area contributed by atoms with Crippen LogP contribution in [-0.2, 0) is 14.6 Å². The molecule has 0 saturated carbocycles. The first-order valence-electron chi connectivity index (χ1n) is 7.81. The zero-order valence-corrected chi connectivity index (χ0v) is 15.0. The van der Waals surface area contributed by atoms with E-state index in [0.29, 0.717) is 11.4 Å². The van der Waals surface area contributed by atoms with Crippen LogP contribution in [0.4, 0.5) is 5.69 Å². The van der Waals surface area contributed by atoms with Gasteiger partial charge in [0, 0.05) is 0 Å². The first-order chi connectivity index (χ1) is 11.9. The van der Waals surface area contributed by atoms with Gasteiger partial charge in [-0.15, -0.1) is 0 Å². The van der Waals surface area contributed by atoms with Gasteiger partial charge in [-0.3, -0.25) is 4.79 Å². The lowest BCUT2D eigenvalue weighted by atomic mass is 10.2. The largest absolute Gasteiger partial charge is 0.495 e. The summed E-state index contributed by atoms with van der Waals surface area (Å²) in [7, 11) is -2.12. The number of para-hydroxylation sites is 2. The third kappa shape index (κ3) is 5.19. The minimum atomic E-state index is -3.61. The van der Waals surface area contributed by atoms with Crippen molar-refractivity contribution in [3.63, 3.8) is 0 Å². The number of hydrogen-bond acceptors (Lipinski definition) is 4. The van der Waals surface area contributed by atoms with Crippen LogP contribution in [0.25, 0.3) is 6.08 Å². The van der Waals surface area contributed by atoms with Crippen molar-refractivity contribution in [2.75, 3.05) is 18.2 Å². The standard InChI is InChI=1S/C19H21NO4S/c1-15(19(21)20-17-12-6-7-13-18(17)24-2)25(22,23)14-8-11-16-9-4-3-5-10-16/h3-13,15H,14H2,1-2H3,(H,20,21)/b11-8+/t15-/m0/s1. The van der Waals surface area contributed by atoms with Crippen LogP contribution in [-0.4, -0.2) is 32.4 Å². The van der Waals surface area contributed by atoms with Gasteiger partial charge in [0.15, 0.2) is 9.84 Å². The van der Waals surface area contributed by atoms with Gasteiger partial charge in [0.2, 0.25) is 5.91 Å². The van der Waals surface area contributed by atoms with Gasteiger partial charge < -0.3 is 10.1 Å². The predicted octanol–water partition coefficient (Wildman–Crippen LogP) is 3.15. The predicted molar refractivity (Wildman–Crippen MR) is 100 cm³/mol. The highest BCUT2D eigenvalue weighted by Crippen LogP contribution is 2.23. The lowest BCUT2D eigenvalue weighted by Crippen LogP contribution is -2.33. The number of amides is 1. The highest BCUT2D eigenvalue weighted by molar-refractivity contribution is 7.92. The van der Waals surface area contributed by atoms with E-state index in [2.05, 4.69) is 5.32 Å². The molecule has 2 rings (SSSR count). The van der Waals surface area contributed by atoms with E-state index in [1.807, 2.05) is 30.3 Å². The van der Waals surface area contributed by atoms with Crippen LogP contribution in [0.15, 0.2) is 60.7 Å². The molecule has 25 heavy (non-hydrogen) atoms. The summed E-state index contributed by atoms with van der Waals surface area (Å²) in [6, 6.07) is 16.2. The molecule has 0 heterocycles. The number of sulfone groups is 1. The van der Waals surface area contributed by atoms with Crippen molar-refractivity contribution in [3.8, 4) is 5.75 Å². The van der Waals surface area contributed by atoms with Gasteiger partial charge in [-0.05, 0) is 24.6 Å². The number of carbonyl (C=O) groups is 1. The first kappa shape index (κ1) is 18.7. The normalized spacial score (nSPS) is 12.7. The van der Waals surface area contributed by atoms with E-state index in [9.17, 15) is 13.2 Å². The zero-order chi connectivity index (χ0) is 18.3. The molecule has 0 fully saturated rings. The summed E-state index contributed by atoms with van der Waals surface area (Å²) in [6.07, 6.45) is 3.28. The molecule has 1 amide bonds. The first-order valence-corrected chi connectivity index (χ1v) is 9.52. The Kier molecular flexibility index (Phi) is 6.36. The van der Waals surface area contributed by atoms with Gasteiger partial charge in [0.1, 0.15) is 11.0 Å². The zero-order valence-electron chi connectivity index (χ0n) is 14.2. The fraction of sp³-hybridized carbons (Fsp3) is 0.211. The molecule has 0 aliphatic rings. The average Bonchev–Trinajstić information content (AvgIpc) is 2.62. The highest BCUT2D eigenvalue weighted by Gasteiger charge is 2.27. The number of benzene rings is 2. The minimum Gasteiger partial charge on any atom is -0.495 e. The maximum absolute atomic E-state index is 12.4. The number of methoxy groups -OCH3 is 1. The molecule has 0 bridgehead atoms. The molecule has 0 aliphatic carbocycles. The molecule has 0 radical (unpaired) electrons. The molecule has 1 atom stereocenters. The Balaban J connectivity index is 2.03. The number of carbonyl (C=O) groups excluding carboxylic acids is 1. The summed E-state index contributed by atoms with van der Waals surface area (Å²) >= 11 is 0. The van der Waals surface area contributed by atoms with Crippen LogP contribution in [0.5, 0.6) is 5.75 Å². The molecule has 0 unspecified atom stereocenters. The summed E-state index contributed by atoms with van der Waals surface area (Å²) < 4.78 is 29.9. The van der Waals surface area contributed by atoms with Crippen molar-refractivity contribution in [1.29, 1.82) is 0 Å². The Hall–Kier alpha value is -2.60. The molecule has 0 saturated heterocycles. The Labute approximate surface area is 148 Å². The van der Waals surface area contributed by atoms with E-state index in [1.165, 1.54) is 14.0 Å². The van der Waals surface area contributed by atoms with Crippen LogP contribution in [0.2, 0.25) is 0 Å². The third-order valence-corrected chi connectivity index (χ3v) is 5.66. The Morgan fingerprint density at radius 2 is 1.76 bits per heavy atom. The summed E-state index contributed by atoms with van der Waals surface area (Å²) in [5.41, 5.74) is 1.35. The summed E-state index contributed by atoms with van der Waals surface area (Å²) in [5, 5.41) is 1.44. The third-order valence-electron chi connectivity index (χ3n) is 3.71. The molecule has 1 N–H and O–H groups in total. The summed E-state index contributed by atoms with van der Waals surface area (Å²) in [4.78, 5) is 12.3. The Morgan fingerprint density at radius 3 is 2.44 bits per heavy atom. The van der Waals surface area contributed by atoms with E-state index in [0.717, 1.165) is 5.56 Å². The molecule has 0 aromatic heterocycles. The minimum absolute atomic E-state index is 0.206. The van der Waals surface area contributed by atoms with Gasteiger partial charge in [-0.1, -0.05) is 54.6 Å². The van der Waals surface area contributed by atoms with E-state index in [-0.39, 0.29) is 5.75 Å². The number of hydrogen-bond donors (Lipinski definition) is 1. The second-order valence-corrected chi connectivity index (χ2v) is 7.84. The molecule has 0 spiro atoms. The van der Waals surface area contributed by atoms with Crippen LogP contribution in [0.3, 0.4) is 0 Å². The van der Waals surface area contributed by atoms with Crippen molar-refractivity contribution in [1.82, 2.24) is 0 Å². The molecular formula is C19H21NO4S. The van der Waals surface area contributed by atoms with Crippen molar-refractivity contribution < 1.29 is 17.9 Å². The molecule has 2 aromatic carbocycles. The number of anilines is 1. The molecular weight excluding hydrogens is 338 g/mol. The quantitative estimate of drug-likeness (QED) is 0.824. The topological polar surface area (TPSA) is 72.5 Å². The SMILES string of the molecule is COc1ccccc1NC(=O)[C@H](C)S(=O)(=O)C/C=C/c1ccccc1. The molecule has 0 aliphatic heterocycles. The molecule has 132 valence electrons. The van der Waals surface area contributed by atoms with E-state index >= 15 is 0 Å². The van der Waals surface area contributed by atoms with Crippen LogP contribution in [0.1, 0.15) is 12.5 Å². The number of ether oxygens (including phenoxy) is 1. The Bertz CT molecular complexity index is 845. The average molecular weight is 359 g/mol.